The van der Waals surface area contributed by atoms with Crippen LogP contribution in [0.4, 0.5) is 19.0 Å². The molecule has 0 aliphatic carbocycles. The lowest BCUT2D eigenvalue weighted by Crippen LogP contribution is -2.39. The molecule has 22 heavy (non-hydrogen) atoms. The molecule has 1 aliphatic rings. The van der Waals surface area contributed by atoms with Gasteiger partial charge >= 0.3 is 6.18 Å². The third kappa shape index (κ3) is 3.05. The lowest BCUT2D eigenvalue weighted by Gasteiger charge is -2.33. The lowest BCUT2D eigenvalue weighted by molar-refractivity contribution is -0.137. The van der Waals surface area contributed by atoms with E-state index in [0.29, 0.717) is 31.3 Å². The van der Waals surface area contributed by atoms with Gasteiger partial charge < -0.3 is 14.1 Å². The first-order valence-corrected chi connectivity index (χ1v) is 6.95. The van der Waals surface area contributed by atoms with Crippen LogP contribution in [0, 0.1) is 0 Å². The molecule has 1 aliphatic heterocycles. The normalized spacial score (nSPS) is 19.5. The maximum Gasteiger partial charge on any atom is 0.417 e. The number of halogens is 4. The first-order valence-electron chi connectivity index (χ1n) is 6.58. The van der Waals surface area contributed by atoms with Crippen molar-refractivity contribution in [1.29, 1.82) is 0 Å². The number of alkyl halides is 3. The summed E-state index contributed by atoms with van der Waals surface area (Å²) in [5, 5.41) is -0.0325. The number of furan rings is 1. The molecule has 1 unspecified atom stereocenters. The molecule has 0 N–H and O–H groups in total. The molecule has 4 nitrogen and oxygen atoms in total. The molecule has 3 rings (SSSR count). The predicted molar refractivity (Wildman–Crippen MR) is 73.9 cm³/mol. The Hall–Kier alpha value is -1.73. The minimum atomic E-state index is -4.46. The Morgan fingerprint density at radius 2 is 2.18 bits per heavy atom. The van der Waals surface area contributed by atoms with Crippen LogP contribution in [0.25, 0.3) is 0 Å². The van der Waals surface area contributed by atoms with Gasteiger partial charge in [-0.25, -0.2) is 4.98 Å². The Morgan fingerprint density at radius 1 is 1.36 bits per heavy atom. The summed E-state index contributed by atoms with van der Waals surface area (Å²) in [5.74, 6) is 0.974. The fraction of sp³-hybridized carbons (Fsp3) is 0.357. The highest BCUT2D eigenvalue weighted by Crippen LogP contribution is 2.35. The van der Waals surface area contributed by atoms with E-state index >= 15 is 0 Å². The summed E-state index contributed by atoms with van der Waals surface area (Å²) in [6.07, 6.45) is -2.43. The molecule has 1 saturated heterocycles. The Bertz CT molecular complexity index is 646. The van der Waals surface area contributed by atoms with Gasteiger partial charge in [0.15, 0.2) is 0 Å². The minimum absolute atomic E-state index is 0.0325. The van der Waals surface area contributed by atoms with E-state index in [9.17, 15) is 13.2 Å². The number of hydrogen-bond acceptors (Lipinski definition) is 4. The average molecular weight is 333 g/mol. The van der Waals surface area contributed by atoms with Crippen molar-refractivity contribution in [1.82, 2.24) is 4.98 Å². The zero-order valence-electron chi connectivity index (χ0n) is 11.3. The number of ether oxygens (including phenoxy) is 1. The Morgan fingerprint density at radius 3 is 2.82 bits per heavy atom. The summed E-state index contributed by atoms with van der Waals surface area (Å²) in [4.78, 5) is 5.66. The van der Waals surface area contributed by atoms with Crippen molar-refractivity contribution in [3.8, 4) is 0 Å². The number of morpholine rings is 1. The van der Waals surface area contributed by atoms with Gasteiger partial charge in [-0.1, -0.05) is 11.6 Å². The average Bonchev–Trinajstić information content (AvgIpc) is 3.00. The van der Waals surface area contributed by atoms with Gasteiger partial charge in [-0.15, -0.1) is 0 Å². The van der Waals surface area contributed by atoms with Crippen LogP contribution in [-0.4, -0.2) is 24.7 Å². The van der Waals surface area contributed by atoms with Gasteiger partial charge in [0.2, 0.25) is 0 Å². The molecule has 0 radical (unpaired) electrons. The van der Waals surface area contributed by atoms with Crippen molar-refractivity contribution in [2.45, 2.75) is 12.3 Å². The van der Waals surface area contributed by atoms with Crippen LogP contribution in [0.5, 0.6) is 0 Å². The summed E-state index contributed by atoms with van der Waals surface area (Å²) in [6, 6.07) is 4.43. The van der Waals surface area contributed by atoms with Crippen molar-refractivity contribution in [3.63, 3.8) is 0 Å². The quantitative estimate of drug-likeness (QED) is 0.835. The molecule has 0 aromatic carbocycles. The molecule has 0 saturated carbocycles. The summed E-state index contributed by atoms with van der Waals surface area (Å²) in [7, 11) is 0. The van der Waals surface area contributed by atoms with Crippen molar-refractivity contribution in [2.24, 2.45) is 0 Å². The molecule has 0 bridgehead atoms. The van der Waals surface area contributed by atoms with Crippen molar-refractivity contribution < 1.29 is 22.3 Å². The van der Waals surface area contributed by atoms with Gasteiger partial charge in [-0.2, -0.15) is 13.2 Å². The predicted octanol–water partition coefficient (Wildman–Crippen LogP) is 3.92. The van der Waals surface area contributed by atoms with E-state index in [2.05, 4.69) is 4.98 Å². The molecular weight excluding hydrogens is 321 g/mol. The van der Waals surface area contributed by atoms with Crippen LogP contribution in [-0.2, 0) is 10.9 Å². The number of aromatic nitrogens is 1. The smallest absolute Gasteiger partial charge is 0.417 e. The third-order valence-corrected chi connectivity index (χ3v) is 3.65. The van der Waals surface area contributed by atoms with E-state index in [0.717, 1.165) is 12.3 Å². The monoisotopic (exact) mass is 332 g/mol. The zero-order valence-corrected chi connectivity index (χ0v) is 12.1. The maximum absolute atomic E-state index is 12.6. The highest BCUT2D eigenvalue weighted by Gasteiger charge is 2.33. The summed E-state index contributed by atoms with van der Waals surface area (Å²) in [5.41, 5.74) is -0.864. The van der Waals surface area contributed by atoms with Gasteiger partial charge in [0.25, 0.3) is 0 Å². The van der Waals surface area contributed by atoms with Gasteiger partial charge in [-0.3, -0.25) is 0 Å². The highest BCUT2D eigenvalue weighted by molar-refractivity contribution is 6.33. The second kappa shape index (κ2) is 5.81. The van der Waals surface area contributed by atoms with Crippen molar-refractivity contribution >= 4 is 17.4 Å². The van der Waals surface area contributed by atoms with Crippen LogP contribution < -0.4 is 4.90 Å². The van der Waals surface area contributed by atoms with Gasteiger partial charge in [0, 0.05) is 12.7 Å². The fourth-order valence-electron chi connectivity index (χ4n) is 2.31. The Balaban J connectivity index is 1.82. The summed E-state index contributed by atoms with van der Waals surface area (Å²) in [6.45, 7) is 1.31. The molecule has 2 aromatic heterocycles. The molecule has 1 atom stereocenters. The molecule has 118 valence electrons. The third-order valence-electron chi connectivity index (χ3n) is 3.38. The molecule has 2 aromatic rings. The van der Waals surface area contributed by atoms with Crippen LogP contribution in [0.3, 0.4) is 0 Å². The molecule has 3 heterocycles. The van der Waals surface area contributed by atoms with Gasteiger partial charge in [-0.05, 0) is 18.2 Å². The molecule has 0 amide bonds. The second-order valence-corrected chi connectivity index (χ2v) is 5.26. The standard InChI is InChI=1S/C14H12ClF3N2O2/c15-10-6-9(14(16,17)18)7-19-13(10)20-3-5-22-12(8-20)11-2-1-4-21-11/h1-2,4,6-7,12H,3,5,8H2. The zero-order chi connectivity index (χ0) is 15.7. The lowest BCUT2D eigenvalue weighted by atomic mass is 10.2. The first-order chi connectivity index (χ1) is 10.4. The summed E-state index contributed by atoms with van der Waals surface area (Å²) >= 11 is 5.97. The van der Waals surface area contributed by atoms with E-state index in [1.807, 2.05) is 0 Å². The maximum atomic E-state index is 12.6. The molecule has 8 heteroatoms. The molecule has 1 fully saturated rings. The molecular formula is C14H12ClF3N2O2. The topological polar surface area (TPSA) is 38.5 Å². The van der Waals surface area contributed by atoms with E-state index in [1.165, 1.54) is 0 Å². The van der Waals surface area contributed by atoms with E-state index in [4.69, 9.17) is 20.8 Å². The largest absolute Gasteiger partial charge is 0.467 e. The van der Waals surface area contributed by atoms with Gasteiger partial charge in [0.1, 0.15) is 17.7 Å². The number of rotatable bonds is 2. The van der Waals surface area contributed by atoms with Crippen molar-refractivity contribution in [3.05, 3.63) is 47.0 Å². The number of nitrogens with zero attached hydrogens (tertiary/aromatic N) is 2. The Kier molecular flexibility index (Phi) is 4.01. The highest BCUT2D eigenvalue weighted by atomic mass is 35.5. The first kappa shape index (κ1) is 15.2. The van der Waals surface area contributed by atoms with E-state index in [-0.39, 0.29) is 11.1 Å². The van der Waals surface area contributed by atoms with Crippen LogP contribution in [0.15, 0.2) is 35.1 Å². The second-order valence-electron chi connectivity index (χ2n) is 4.85. The van der Waals surface area contributed by atoms with Gasteiger partial charge in [0.05, 0.1) is 30.0 Å². The SMILES string of the molecule is FC(F)(F)c1cnc(N2CCOC(c3ccco3)C2)c(Cl)c1. The fourth-order valence-corrected chi connectivity index (χ4v) is 2.59. The van der Waals surface area contributed by atoms with Crippen LogP contribution >= 0.6 is 11.6 Å². The summed E-state index contributed by atoms with van der Waals surface area (Å²) < 4.78 is 48.8. The van der Waals surface area contributed by atoms with Crippen LogP contribution in [0.1, 0.15) is 17.4 Å². The number of pyridine rings is 1. The van der Waals surface area contributed by atoms with E-state index < -0.39 is 11.7 Å². The van der Waals surface area contributed by atoms with E-state index in [1.54, 1.807) is 23.3 Å². The minimum Gasteiger partial charge on any atom is -0.467 e. The van der Waals surface area contributed by atoms with Crippen molar-refractivity contribution in [2.75, 3.05) is 24.6 Å². The van der Waals surface area contributed by atoms with Crippen LogP contribution in [0.2, 0.25) is 5.02 Å². The Labute approximate surface area is 129 Å². The molecule has 0 spiro atoms. The number of hydrogen-bond donors (Lipinski definition) is 0. The number of anilines is 1.